The lowest BCUT2D eigenvalue weighted by molar-refractivity contribution is 0.180. The average molecular weight is 270 g/mol. The third-order valence-corrected chi connectivity index (χ3v) is 3.77. The molecule has 0 saturated heterocycles. The highest BCUT2D eigenvalue weighted by atomic mass is 16.5. The molecule has 0 amide bonds. The van der Waals surface area contributed by atoms with Crippen molar-refractivity contribution in [1.29, 1.82) is 0 Å². The first-order valence-electron chi connectivity index (χ1n) is 6.88. The summed E-state index contributed by atoms with van der Waals surface area (Å²) < 4.78 is 5.78. The highest BCUT2D eigenvalue weighted by molar-refractivity contribution is 5.40. The zero-order valence-electron chi connectivity index (χ0n) is 11.2. The van der Waals surface area contributed by atoms with Gasteiger partial charge in [0.1, 0.15) is 12.4 Å². The van der Waals surface area contributed by atoms with Gasteiger partial charge in [0.25, 0.3) is 0 Å². The maximum Gasteiger partial charge on any atom is 0.120 e. The summed E-state index contributed by atoms with van der Waals surface area (Å²) in [5, 5.41) is 18.8. The molecule has 3 nitrogen and oxygen atoms in total. The number of ether oxygens (including phenoxy) is 1. The lowest BCUT2D eigenvalue weighted by atomic mass is 10.1. The van der Waals surface area contributed by atoms with E-state index >= 15 is 0 Å². The average Bonchev–Trinajstić information content (AvgIpc) is 2.87. The van der Waals surface area contributed by atoms with Crippen LogP contribution in [0.4, 0.5) is 0 Å². The molecule has 3 heteroatoms. The second-order valence-corrected chi connectivity index (χ2v) is 5.18. The molecule has 1 aliphatic carbocycles. The second-order valence-electron chi connectivity index (χ2n) is 5.18. The van der Waals surface area contributed by atoms with Crippen LogP contribution in [0.1, 0.15) is 34.8 Å². The lowest BCUT2D eigenvalue weighted by Gasteiger charge is -2.09. The Bertz CT molecular complexity index is 590. The van der Waals surface area contributed by atoms with E-state index in [0.717, 1.165) is 35.3 Å². The van der Waals surface area contributed by atoms with Crippen LogP contribution in [-0.2, 0) is 19.6 Å². The van der Waals surface area contributed by atoms with E-state index in [1.165, 1.54) is 5.56 Å². The van der Waals surface area contributed by atoms with Crippen LogP contribution in [0, 0.1) is 0 Å². The van der Waals surface area contributed by atoms with Crippen molar-refractivity contribution < 1.29 is 14.9 Å². The standard InChI is InChI=1S/C17H18O3/c18-10-12-1-3-13(4-2-12)11-20-15-6-7-16-14(9-15)5-8-17(16)19/h1-4,6-7,9,17-19H,5,8,10-11H2/t17-/m0/s1. The smallest absolute Gasteiger partial charge is 0.120 e. The van der Waals surface area contributed by atoms with E-state index in [4.69, 9.17) is 9.84 Å². The molecule has 0 heterocycles. The van der Waals surface area contributed by atoms with Gasteiger partial charge in [0.2, 0.25) is 0 Å². The molecule has 0 unspecified atom stereocenters. The second kappa shape index (κ2) is 5.65. The molecule has 0 radical (unpaired) electrons. The molecule has 0 fully saturated rings. The predicted molar refractivity (Wildman–Crippen MR) is 76.4 cm³/mol. The summed E-state index contributed by atoms with van der Waals surface area (Å²) in [7, 11) is 0. The number of hydrogen-bond donors (Lipinski definition) is 2. The van der Waals surface area contributed by atoms with E-state index in [9.17, 15) is 5.11 Å². The van der Waals surface area contributed by atoms with Crippen LogP contribution in [0.3, 0.4) is 0 Å². The maximum absolute atomic E-state index is 9.77. The number of rotatable bonds is 4. The molecule has 3 rings (SSSR count). The van der Waals surface area contributed by atoms with E-state index in [1.807, 2.05) is 42.5 Å². The summed E-state index contributed by atoms with van der Waals surface area (Å²) in [6.07, 6.45) is 1.41. The molecule has 2 aromatic rings. The monoisotopic (exact) mass is 270 g/mol. The fourth-order valence-corrected chi connectivity index (χ4v) is 2.57. The van der Waals surface area contributed by atoms with Crippen LogP contribution in [0.2, 0.25) is 0 Å². The first-order chi connectivity index (χ1) is 9.76. The van der Waals surface area contributed by atoms with E-state index in [1.54, 1.807) is 0 Å². The fourth-order valence-electron chi connectivity index (χ4n) is 2.57. The molecule has 1 aliphatic rings. The zero-order valence-corrected chi connectivity index (χ0v) is 11.2. The fraction of sp³-hybridized carbons (Fsp3) is 0.294. The molecule has 20 heavy (non-hydrogen) atoms. The van der Waals surface area contributed by atoms with Gasteiger partial charge in [-0.1, -0.05) is 30.3 Å². The third-order valence-electron chi connectivity index (χ3n) is 3.77. The molecule has 2 aromatic carbocycles. The lowest BCUT2D eigenvalue weighted by Crippen LogP contribution is -1.97. The van der Waals surface area contributed by atoms with Crippen molar-refractivity contribution in [2.45, 2.75) is 32.2 Å². The van der Waals surface area contributed by atoms with Gasteiger partial charge in [-0.3, -0.25) is 0 Å². The predicted octanol–water partition coefficient (Wildman–Crippen LogP) is 2.74. The van der Waals surface area contributed by atoms with Crippen molar-refractivity contribution in [3.8, 4) is 5.75 Å². The van der Waals surface area contributed by atoms with Crippen LogP contribution in [-0.4, -0.2) is 10.2 Å². The molecular weight excluding hydrogens is 252 g/mol. The normalized spacial score (nSPS) is 17.0. The largest absolute Gasteiger partial charge is 0.489 e. The van der Waals surface area contributed by atoms with Crippen molar-refractivity contribution in [3.63, 3.8) is 0 Å². The summed E-state index contributed by atoms with van der Waals surface area (Å²) in [4.78, 5) is 0. The van der Waals surface area contributed by atoms with Crippen molar-refractivity contribution in [1.82, 2.24) is 0 Å². The number of aliphatic hydroxyl groups excluding tert-OH is 2. The Labute approximate surface area is 118 Å². The van der Waals surface area contributed by atoms with Crippen molar-refractivity contribution in [3.05, 3.63) is 64.7 Å². The zero-order chi connectivity index (χ0) is 13.9. The molecule has 0 bridgehead atoms. The Morgan fingerprint density at radius 2 is 1.80 bits per heavy atom. The molecule has 104 valence electrons. The summed E-state index contributed by atoms with van der Waals surface area (Å²) >= 11 is 0. The van der Waals surface area contributed by atoms with Gasteiger partial charge in [0.05, 0.1) is 12.7 Å². The quantitative estimate of drug-likeness (QED) is 0.898. The van der Waals surface area contributed by atoms with Gasteiger partial charge in [-0.2, -0.15) is 0 Å². The molecule has 0 aromatic heterocycles. The van der Waals surface area contributed by atoms with Crippen LogP contribution in [0.5, 0.6) is 5.75 Å². The molecule has 2 N–H and O–H groups in total. The summed E-state index contributed by atoms with van der Waals surface area (Å²) in [5.41, 5.74) is 4.19. The summed E-state index contributed by atoms with van der Waals surface area (Å²) in [6, 6.07) is 13.6. The van der Waals surface area contributed by atoms with Crippen molar-refractivity contribution >= 4 is 0 Å². The van der Waals surface area contributed by atoms with Crippen molar-refractivity contribution in [2.75, 3.05) is 0 Å². The van der Waals surface area contributed by atoms with Gasteiger partial charge in [-0.15, -0.1) is 0 Å². The number of aryl methyl sites for hydroxylation is 1. The number of fused-ring (bicyclic) bond motifs is 1. The molecule has 1 atom stereocenters. The highest BCUT2D eigenvalue weighted by Gasteiger charge is 2.20. The Morgan fingerprint density at radius 3 is 2.55 bits per heavy atom. The maximum atomic E-state index is 9.77. The Kier molecular flexibility index (Phi) is 3.72. The van der Waals surface area contributed by atoms with Crippen LogP contribution < -0.4 is 4.74 Å². The minimum Gasteiger partial charge on any atom is -0.489 e. The van der Waals surface area contributed by atoms with Crippen LogP contribution in [0.15, 0.2) is 42.5 Å². The molecule has 0 aliphatic heterocycles. The highest BCUT2D eigenvalue weighted by Crippen LogP contribution is 2.33. The topological polar surface area (TPSA) is 49.7 Å². The van der Waals surface area contributed by atoms with E-state index in [-0.39, 0.29) is 12.7 Å². The van der Waals surface area contributed by atoms with E-state index in [0.29, 0.717) is 6.61 Å². The molecule has 0 saturated carbocycles. The third kappa shape index (κ3) is 2.69. The Hall–Kier alpha value is -1.84. The SMILES string of the molecule is OCc1ccc(COc2ccc3c(c2)CC[C@@H]3O)cc1. The minimum atomic E-state index is -0.315. The van der Waals surface area contributed by atoms with Crippen LogP contribution >= 0.6 is 0 Å². The van der Waals surface area contributed by atoms with Gasteiger partial charge < -0.3 is 14.9 Å². The minimum absolute atomic E-state index is 0.0638. The van der Waals surface area contributed by atoms with Gasteiger partial charge in [0.15, 0.2) is 0 Å². The van der Waals surface area contributed by atoms with Gasteiger partial charge in [-0.25, -0.2) is 0 Å². The van der Waals surface area contributed by atoms with Gasteiger partial charge >= 0.3 is 0 Å². The molecule has 0 spiro atoms. The van der Waals surface area contributed by atoms with E-state index < -0.39 is 0 Å². The number of benzene rings is 2. The first-order valence-corrected chi connectivity index (χ1v) is 6.88. The van der Waals surface area contributed by atoms with Gasteiger partial charge in [0, 0.05) is 0 Å². The van der Waals surface area contributed by atoms with E-state index in [2.05, 4.69) is 0 Å². The van der Waals surface area contributed by atoms with Crippen molar-refractivity contribution in [2.24, 2.45) is 0 Å². The van der Waals surface area contributed by atoms with Gasteiger partial charge in [-0.05, 0) is 47.2 Å². The number of aliphatic hydroxyl groups is 2. The summed E-state index contributed by atoms with van der Waals surface area (Å²) in [6.45, 7) is 0.571. The van der Waals surface area contributed by atoms with Crippen LogP contribution in [0.25, 0.3) is 0 Å². The first kappa shape index (κ1) is 13.2. The summed E-state index contributed by atoms with van der Waals surface area (Å²) in [5.74, 6) is 0.837. The Balaban J connectivity index is 1.66. The molecular formula is C17H18O3. The Morgan fingerprint density at radius 1 is 1.05 bits per heavy atom. The number of hydrogen-bond acceptors (Lipinski definition) is 3.